The molecule has 7 nitrogen and oxygen atoms in total. The lowest BCUT2D eigenvalue weighted by atomic mass is 10.2. The van der Waals surface area contributed by atoms with E-state index in [9.17, 15) is 13.2 Å². The summed E-state index contributed by atoms with van der Waals surface area (Å²) < 4.78 is 34.0. The zero-order valence-corrected chi connectivity index (χ0v) is 17.8. The normalized spacial score (nSPS) is 13.9. The van der Waals surface area contributed by atoms with Gasteiger partial charge in [-0.15, -0.1) is 0 Å². The summed E-state index contributed by atoms with van der Waals surface area (Å²) in [5, 5.41) is 4.79. The highest BCUT2D eigenvalue weighted by atomic mass is 35.5. The third-order valence-corrected chi connectivity index (χ3v) is 6.69. The van der Waals surface area contributed by atoms with Gasteiger partial charge >= 0.3 is 5.97 Å². The van der Waals surface area contributed by atoms with Crippen LogP contribution in [0.1, 0.15) is 34.5 Å². The van der Waals surface area contributed by atoms with Crippen molar-refractivity contribution in [3.63, 3.8) is 0 Å². The van der Waals surface area contributed by atoms with Gasteiger partial charge in [-0.1, -0.05) is 29.8 Å². The van der Waals surface area contributed by atoms with Crippen LogP contribution in [0.5, 0.6) is 0 Å². The predicted octanol–water partition coefficient (Wildman–Crippen LogP) is 3.63. The van der Waals surface area contributed by atoms with Crippen LogP contribution in [0.15, 0.2) is 59.5 Å². The highest BCUT2D eigenvalue weighted by Gasteiger charge is 2.28. The van der Waals surface area contributed by atoms with E-state index in [1.165, 1.54) is 24.3 Å². The monoisotopic (exact) mass is 445 g/mol. The van der Waals surface area contributed by atoms with Gasteiger partial charge in [-0.05, 0) is 56.2 Å². The minimum absolute atomic E-state index is 0.0180. The number of aryl methyl sites for hydroxylation is 1. The number of benzene rings is 2. The van der Waals surface area contributed by atoms with Crippen molar-refractivity contribution in [1.29, 1.82) is 0 Å². The number of esters is 1. The van der Waals surface area contributed by atoms with Gasteiger partial charge in [0.15, 0.2) is 0 Å². The van der Waals surface area contributed by atoms with Crippen molar-refractivity contribution >= 4 is 27.6 Å². The smallest absolute Gasteiger partial charge is 0.338 e. The average Bonchev–Trinajstić information content (AvgIpc) is 3.50. The molecular weight excluding hydrogens is 426 g/mol. The molecule has 1 N–H and O–H groups in total. The van der Waals surface area contributed by atoms with Crippen molar-refractivity contribution in [2.24, 2.45) is 0 Å². The Morgan fingerprint density at radius 2 is 1.83 bits per heavy atom. The highest BCUT2D eigenvalue weighted by molar-refractivity contribution is 7.89. The van der Waals surface area contributed by atoms with Crippen LogP contribution in [0.2, 0.25) is 5.15 Å². The van der Waals surface area contributed by atoms with Gasteiger partial charge in [-0.3, -0.25) is 0 Å². The molecule has 0 spiro atoms. The van der Waals surface area contributed by atoms with Crippen LogP contribution in [0, 0.1) is 6.92 Å². The standard InChI is InChI=1S/C21H20ClN3O4S/c1-14-19(20(22)25(23-14)17-5-3-2-4-6-17)13-29-21(26)15-7-11-18(12-8-15)30(27,28)24-16-9-10-16/h2-8,11-12,16,24H,9-10,13H2,1H3. The second-order valence-electron chi connectivity index (χ2n) is 7.10. The Kier molecular flexibility index (Phi) is 5.64. The molecule has 4 rings (SSSR count). The molecule has 1 aliphatic rings. The Morgan fingerprint density at radius 3 is 2.47 bits per heavy atom. The Labute approximate surface area is 179 Å². The van der Waals surface area contributed by atoms with Gasteiger partial charge in [-0.2, -0.15) is 5.10 Å². The summed E-state index contributed by atoms with van der Waals surface area (Å²) in [6, 6.07) is 15.1. The lowest BCUT2D eigenvalue weighted by Crippen LogP contribution is -2.25. The van der Waals surface area contributed by atoms with Crippen molar-refractivity contribution < 1.29 is 17.9 Å². The number of hydrogen-bond donors (Lipinski definition) is 1. The van der Waals surface area contributed by atoms with Crippen molar-refractivity contribution in [1.82, 2.24) is 14.5 Å². The van der Waals surface area contributed by atoms with Gasteiger partial charge in [0.1, 0.15) is 11.8 Å². The van der Waals surface area contributed by atoms with E-state index in [2.05, 4.69) is 9.82 Å². The van der Waals surface area contributed by atoms with Gasteiger partial charge in [0.05, 0.1) is 21.8 Å². The fourth-order valence-electron chi connectivity index (χ4n) is 2.92. The van der Waals surface area contributed by atoms with Crippen molar-refractivity contribution in [2.45, 2.75) is 37.3 Å². The minimum atomic E-state index is -3.56. The van der Waals surface area contributed by atoms with Crippen molar-refractivity contribution in [3.8, 4) is 5.69 Å². The molecule has 156 valence electrons. The molecule has 0 amide bonds. The number of nitrogens with zero attached hydrogens (tertiary/aromatic N) is 2. The number of carbonyl (C=O) groups excluding carboxylic acids is 1. The number of rotatable bonds is 7. The number of ether oxygens (including phenoxy) is 1. The summed E-state index contributed by atoms with van der Waals surface area (Å²) in [6.07, 6.45) is 1.71. The SMILES string of the molecule is Cc1nn(-c2ccccc2)c(Cl)c1COC(=O)c1ccc(S(=O)(=O)NC2CC2)cc1. The molecule has 1 aliphatic carbocycles. The van der Waals surface area contributed by atoms with E-state index in [1.54, 1.807) is 11.6 Å². The molecule has 1 fully saturated rings. The summed E-state index contributed by atoms with van der Waals surface area (Å²) in [5.41, 5.74) is 2.33. The largest absolute Gasteiger partial charge is 0.457 e. The molecule has 0 atom stereocenters. The fraction of sp³-hybridized carbons (Fsp3) is 0.238. The molecule has 1 heterocycles. The molecule has 2 aromatic carbocycles. The first-order valence-corrected chi connectivity index (χ1v) is 11.3. The molecule has 1 saturated carbocycles. The van der Waals surface area contributed by atoms with E-state index in [4.69, 9.17) is 16.3 Å². The summed E-state index contributed by atoms with van der Waals surface area (Å²) in [4.78, 5) is 12.5. The van der Waals surface area contributed by atoms with Gasteiger partial charge in [0.25, 0.3) is 0 Å². The van der Waals surface area contributed by atoms with Crippen LogP contribution >= 0.6 is 11.6 Å². The van der Waals surface area contributed by atoms with E-state index in [-0.39, 0.29) is 23.1 Å². The van der Waals surface area contributed by atoms with Gasteiger partial charge in [0, 0.05) is 11.6 Å². The first kappa shape index (κ1) is 20.6. The molecule has 3 aromatic rings. The summed E-state index contributed by atoms with van der Waals surface area (Å²) in [7, 11) is -3.56. The molecule has 30 heavy (non-hydrogen) atoms. The predicted molar refractivity (Wildman–Crippen MR) is 112 cm³/mol. The number of halogens is 1. The van der Waals surface area contributed by atoms with Crippen molar-refractivity contribution in [2.75, 3.05) is 0 Å². The van der Waals surface area contributed by atoms with Crippen LogP contribution in [0.3, 0.4) is 0 Å². The Hall–Kier alpha value is -2.68. The minimum Gasteiger partial charge on any atom is -0.457 e. The Bertz CT molecular complexity index is 1170. The average molecular weight is 446 g/mol. The molecule has 0 aliphatic heterocycles. The quantitative estimate of drug-likeness (QED) is 0.561. The number of nitrogens with one attached hydrogen (secondary N) is 1. The number of aromatic nitrogens is 2. The molecule has 0 saturated heterocycles. The van der Waals surface area contributed by atoms with E-state index in [0.717, 1.165) is 18.5 Å². The van der Waals surface area contributed by atoms with Crippen LogP contribution in [-0.4, -0.2) is 30.2 Å². The maximum Gasteiger partial charge on any atom is 0.338 e. The maximum absolute atomic E-state index is 12.4. The fourth-order valence-corrected chi connectivity index (χ4v) is 4.55. The van der Waals surface area contributed by atoms with Crippen LogP contribution in [-0.2, 0) is 21.4 Å². The first-order chi connectivity index (χ1) is 14.3. The number of hydrogen-bond acceptors (Lipinski definition) is 5. The van der Waals surface area contributed by atoms with E-state index in [1.807, 2.05) is 30.3 Å². The van der Waals surface area contributed by atoms with Crippen LogP contribution < -0.4 is 4.72 Å². The Morgan fingerprint density at radius 1 is 1.17 bits per heavy atom. The molecule has 0 radical (unpaired) electrons. The molecule has 9 heteroatoms. The maximum atomic E-state index is 12.4. The van der Waals surface area contributed by atoms with Crippen LogP contribution in [0.4, 0.5) is 0 Å². The third-order valence-electron chi connectivity index (χ3n) is 4.77. The first-order valence-electron chi connectivity index (χ1n) is 9.44. The van der Waals surface area contributed by atoms with E-state index < -0.39 is 16.0 Å². The molecule has 1 aromatic heterocycles. The third kappa shape index (κ3) is 4.40. The highest BCUT2D eigenvalue weighted by Crippen LogP contribution is 2.25. The molecule has 0 bridgehead atoms. The number of carbonyl (C=O) groups is 1. The summed E-state index contributed by atoms with van der Waals surface area (Å²) in [6.45, 7) is 1.75. The topological polar surface area (TPSA) is 90.3 Å². The van der Waals surface area contributed by atoms with Gasteiger partial charge in [0.2, 0.25) is 10.0 Å². The molecular formula is C21H20ClN3O4S. The van der Waals surface area contributed by atoms with E-state index in [0.29, 0.717) is 16.4 Å². The number of para-hydroxylation sites is 1. The van der Waals surface area contributed by atoms with Crippen molar-refractivity contribution in [3.05, 3.63) is 76.6 Å². The zero-order valence-electron chi connectivity index (χ0n) is 16.2. The zero-order chi connectivity index (χ0) is 21.3. The van der Waals surface area contributed by atoms with Gasteiger partial charge in [-0.25, -0.2) is 22.6 Å². The molecule has 0 unspecified atom stereocenters. The lowest BCUT2D eigenvalue weighted by Gasteiger charge is -2.08. The second kappa shape index (κ2) is 8.22. The summed E-state index contributed by atoms with van der Waals surface area (Å²) in [5.74, 6) is -0.572. The Balaban J connectivity index is 1.44. The van der Waals surface area contributed by atoms with E-state index >= 15 is 0 Å². The lowest BCUT2D eigenvalue weighted by molar-refractivity contribution is 0.0472. The van der Waals surface area contributed by atoms with Gasteiger partial charge < -0.3 is 4.74 Å². The number of sulfonamides is 1. The second-order valence-corrected chi connectivity index (χ2v) is 9.17. The van der Waals surface area contributed by atoms with Crippen LogP contribution in [0.25, 0.3) is 5.69 Å². The summed E-state index contributed by atoms with van der Waals surface area (Å²) >= 11 is 6.45.